The zero-order chi connectivity index (χ0) is 12.4. The Morgan fingerprint density at radius 2 is 1.78 bits per heavy atom. The first-order valence-corrected chi connectivity index (χ1v) is 7.60. The highest BCUT2D eigenvalue weighted by Gasteiger charge is 2.37. The summed E-state index contributed by atoms with van der Waals surface area (Å²) in [6.07, 6.45) is 8.28. The number of carbonyl (C=O) groups is 1. The van der Waals surface area contributed by atoms with Gasteiger partial charge in [-0.05, 0) is 44.7 Å². The number of hydrogen-bond donors (Lipinski definition) is 1. The minimum atomic E-state index is 0.311. The zero-order valence-electron chi connectivity index (χ0n) is 11.2. The molecule has 1 unspecified atom stereocenters. The molecular formula is C14H25N3O. The van der Waals surface area contributed by atoms with Crippen molar-refractivity contribution in [3.05, 3.63) is 0 Å². The highest BCUT2D eigenvalue weighted by atomic mass is 16.2. The van der Waals surface area contributed by atoms with Crippen LogP contribution < -0.4 is 5.32 Å². The van der Waals surface area contributed by atoms with Crippen LogP contribution in [0.1, 0.15) is 38.5 Å². The second-order valence-corrected chi connectivity index (χ2v) is 6.01. The van der Waals surface area contributed by atoms with Crippen molar-refractivity contribution in [2.24, 2.45) is 5.92 Å². The van der Waals surface area contributed by atoms with E-state index in [2.05, 4.69) is 15.1 Å². The average molecular weight is 251 g/mol. The van der Waals surface area contributed by atoms with Crippen molar-refractivity contribution < 1.29 is 4.79 Å². The van der Waals surface area contributed by atoms with Crippen LogP contribution >= 0.6 is 0 Å². The molecule has 0 spiro atoms. The third kappa shape index (κ3) is 2.54. The van der Waals surface area contributed by atoms with E-state index in [1.165, 1.54) is 51.6 Å². The van der Waals surface area contributed by atoms with Gasteiger partial charge in [0.25, 0.3) is 0 Å². The number of nitrogens with one attached hydrogen (secondary N) is 1. The van der Waals surface area contributed by atoms with Gasteiger partial charge in [0.2, 0.25) is 5.91 Å². The molecule has 0 aromatic rings. The van der Waals surface area contributed by atoms with Crippen LogP contribution in [0.5, 0.6) is 0 Å². The Hall–Kier alpha value is -0.610. The maximum atomic E-state index is 12.0. The third-order valence-corrected chi connectivity index (χ3v) is 4.82. The molecule has 4 nitrogen and oxygen atoms in total. The molecule has 3 aliphatic rings. The number of rotatable bonds is 4. The molecule has 1 amide bonds. The molecule has 2 heterocycles. The lowest BCUT2D eigenvalue weighted by molar-refractivity contribution is -0.128. The number of likely N-dealkylation sites (tertiary alicyclic amines) is 1. The summed E-state index contributed by atoms with van der Waals surface area (Å²) in [4.78, 5) is 16.6. The summed E-state index contributed by atoms with van der Waals surface area (Å²) in [5.74, 6) is 1.01. The Labute approximate surface area is 110 Å². The van der Waals surface area contributed by atoms with E-state index < -0.39 is 0 Å². The van der Waals surface area contributed by atoms with E-state index in [9.17, 15) is 4.79 Å². The smallest absolute Gasteiger partial charge is 0.237 e. The molecule has 0 aromatic carbocycles. The quantitative estimate of drug-likeness (QED) is 0.810. The van der Waals surface area contributed by atoms with Crippen LogP contribution in [0.2, 0.25) is 0 Å². The fourth-order valence-corrected chi connectivity index (χ4v) is 3.77. The lowest BCUT2D eigenvalue weighted by atomic mass is 10.0. The molecule has 2 saturated heterocycles. The molecule has 4 heteroatoms. The number of amides is 1. The Kier molecular flexibility index (Phi) is 3.85. The van der Waals surface area contributed by atoms with Gasteiger partial charge in [0.15, 0.2) is 0 Å². The lowest BCUT2D eigenvalue weighted by Gasteiger charge is -2.30. The van der Waals surface area contributed by atoms with Crippen molar-refractivity contribution >= 4 is 5.91 Å². The first-order chi connectivity index (χ1) is 8.84. The highest BCUT2D eigenvalue weighted by molar-refractivity contribution is 5.80. The van der Waals surface area contributed by atoms with Crippen LogP contribution in [-0.2, 0) is 4.79 Å². The van der Waals surface area contributed by atoms with Gasteiger partial charge >= 0.3 is 0 Å². The van der Waals surface area contributed by atoms with Gasteiger partial charge in [-0.2, -0.15) is 0 Å². The summed E-state index contributed by atoms with van der Waals surface area (Å²) >= 11 is 0. The summed E-state index contributed by atoms with van der Waals surface area (Å²) in [5.41, 5.74) is 0. The average Bonchev–Trinajstić information content (AvgIpc) is 3.08. The second-order valence-electron chi connectivity index (χ2n) is 6.01. The largest absolute Gasteiger partial charge is 0.324 e. The fraction of sp³-hybridized carbons (Fsp3) is 0.929. The minimum Gasteiger partial charge on any atom is -0.324 e. The van der Waals surface area contributed by atoms with Crippen LogP contribution in [0.4, 0.5) is 0 Å². The van der Waals surface area contributed by atoms with Crippen molar-refractivity contribution in [1.82, 2.24) is 15.1 Å². The fourth-order valence-electron chi connectivity index (χ4n) is 3.77. The molecule has 0 aromatic heterocycles. The van der Waals surface area contributed by atoms with Crippen molar-refractivity contribution in [3.8, 4) is 0 Å². The maximum Gasteiger partial charge on any atom is 0.237 e. The first-order valence-electron chi connectivity index (χ1n) is 7.60. The molecule has 3 rings (SSSR count). The van der Waals surface area contributed by atoms with E-state index in [-0.39, 0.29) is 0 Å². The van der Waals surface area contributed by atoms with Crippen LogP contribution in [-0.4, -0.2) is 54.6 Å². The standard InChI is InChI=1S/C14H25N3O/c18-13-11-15-14(12-5-1-2-6-12)17(13)10-9-16-7-3-4-8-16/h12,14-15H,1-11H2. The predicted molar refractivity (Wildman–Crippen MR) is 71.1 cm³/mol. The summed E-state index contributed by atoms with van der Waals surface area (Å²) in [7, 11) is 0. The summed E-state index contributed by atoms with van der Waals surface area (Å²) in [5, 5.41) is 3.43. The lowest BCUT2D eigenvalue weighted by Crippen LogP contribution is -2.45. The van der Waals surface area contributed by atoms with E-state index in [1.54, 1.807) is 0 Å². The second kappa shape index (κ2) is 5.57. The van der Waals surface area contributed by atoms with E-state index in [0.29, 0.717) is 24.5 Å². The van der Waals surface area contributed by atoms with Gasteiger partial charge in [-0.25, -0.2) is 0 Å². The summed E-state index contributed by atoms with van der Waals surface area (Å²) in [6.45, 7) is 5.00. The molecule has 0 radical (unpaired) electrons. The van der Waals surface area contributed by atoms with Gasteiger partial charge < -0.3 is 9.80 Å². The highest BCUT2D eigenvalue weighted by Crippen LogP contribution is 2.30. The minimum absolute atomic E-state index is 0.311. The Morgan fingerprint density at radius 3 is 2.50 bits per heavy atom. The molecule has 1 atom stereocenters. The molecule has 1 saturated carbocycles. The maximum absolute atomic E-state index is 12.0. The molecule has 3 fully saturated rings. The Bertz CT molecular complexity index is 295. The van der Waals surface area contributed by atoms with E-state index in [0.717, 1.165) is 13.1 Å². The van der Waals surface area contributed by atoms with Gasteiger partial charge in [-0.3, -0.25) is 10.1 Å². The van der Waals surface area contributed by atoms with E-state index in [4.69, 9.17) is 0 Å². The number of carbonyl (C=O) groups excluding carboxylic acids is 1. The monoisotopic (exact) mass is 251 g/mol. The van der Waals surface area contributed by atoms with E-state index >= 15 is 0 Å². The molecular weight excluding hydrogens is 226 g/mol. The van der Waals surface area contributed by atoms with E-state index in [1.807, 2.05) is 0 Å². The topological polar surface area (TPSA) is 35.6 Å². The molecule has 2 aliphatic heterocycles. The summed E-state index contributed by atoms with van der Waals surface area (Å²) in [6, 6.07) is 0. The third-order valence-electron chi connectivity index (χ3n) is 4.82. The normalized spacial score (nSPS) is 30.8. The van der Waals surface area contributed by atoms with Crippen molar-refractivity contribution in [3.63, 3.8) is 0 Å². The van der Waals surface area contributed by atoms with Crippen molar-refractivity contribution in [1.29, 1.82) is 0 Å². The first kappa shape index (κ1) is 12.4. The molecule has 1 N–H and O–H groups in total. The molecule has 0 bridgehead atoms. The Morgan fingerprint density at radius 1 is 1.06 bits per heavy atom. The van der Waals surface area contributed by atoms with Gasteiger partial charge in [-0.1, -0.05) is 12.8 Å². The van der Waals surface area contributed by atoms with Gasteiger partial charge in [-0.15, -0.1) is 0 Å². The van der Waals surface area contributed by atoms with Crippen molar-refractivity contribution in [2.75, 3.05) is 32.7 Å². The molecule has 18 heavy (non-hydrogen) atoms. The van der Waals surface area contributed by atoms with Crippen LogP contribution in [0.25, 0.3) is 0 Å². The predicted octanol–water partition coefficient (Wildman–Crippen LogP) is 1.03. The van der Waals surface area contributed by atoms with Gasteiger partial charge in [0.05, 0.1) is 12.7 Å². The SMILES string of the molecule is O=C1CNC(C2CCCC2)N1CCN1CCCC1. The van der Waals surface area contributed by atoms with Crippen molar-refractivity contribution in [2.45, 2.75) is 44.7 Å². The van der Waals surface area contributed by atoms with Gasteiger partial charge in [0.1, 0.15) is 0 Å². The van der Waals surface area contributed by atoms with Crippen LogP contribution in [0.3, 0.4) is 0 Å². The van der Waals surface area contributed by atoms with Gasteiger partial charge in [0, 0.05) is 13.1 Å². The molecule has 1 aliphatic carbocycles. The van der Waals surface area contributed by atoms with Crippen LogP contribution in [0, 0.1) is 5.92 Å². The number of nitrogens with zero attached hydrogens (tertiary/aromatic N) is 2. The zero-order valence-corrected chi connectivity index (χ0v) is 11.2. The van der Waals surface area contributed by atoms with Crippen LogP contribution in [0.15, 0.2) is 0 Å². The molecule has 102 valence electrons. The number of hydrogen-bond acceptors (Lipinski definition) is 3. The summed E-state index contributed by atoms with van der Waals surface area (Å²) < 4.78 is 0. The Balaban J connectivity index is 1.54.